The molecule has 5 rings (SSSR count). The predicted molar refractivity (Wildman–Crippen MR) is 115 cm³/mol. The molecule has 3 aromatic rings. The molecule has 0 atom stereocenters. The highest BCUT2D eigenvalue weighted by Gasteiger charge is 2.45. The van der Waals surface area contributed by atoms with Gasteiger partial charge < -0.3 is 0 Å². The molecule has 1 aliphatic carbocycles. The van der Waals surface area contributed by atoms with Crippen molar-refractivity contribution >= 4 is 55.1 Å². The van der Waals surface area contributed by atoms with Gasteiger partial charge in [-0.1, -0.05) is 36.4 Å². The van der Waals surface area contributed by atoms with Crippen LogP contribution in [0.15, 0.2) is 64.0 Å². The van der Waals surface area contributed by atoms with Crippen LogP contribution in [0.2, 0.25) is 0 Å². The predicted octanol–water partition coefficient (Wildman–Crippen LogP) is 3.27. The Morgan fingerprint density at radius 3 is 1.62 bits per heavy atom. The summed E-state index contributed by atoms with van der Waals surface area (Å²) < 4.78 is 34.3. The first kappa shape index (κ1) is 20.4. The first-order valence-corrected chi connectivity index (χ1v) is 11.4. The average molecular weight is 512 g/mol. The molecule has 3 aromatic carbocycles. The highest BCUT2D eigenvalue weighted by atomic mass is 79.9. The Hall–Kier alpha value is -3.47. The van der Waals surface area contributed by atoms with Crippen LogP contribution in [0.3, 0.4) is 0 Å². The summed E-state index contributed by atoms with van der Waals surface area (Å²) in [7, 11) is -5.02. The van der Waals surface area contributed by atoms with Crippen molar-refractivity contribution in [1.82, 2.24) is 0 Å². The molecular weight excluding hydrogens is 502 g/mol. The standard InChI is InChI=1S/C22H10BrNO7S/c23-14-9-15(32(29,30)31)18(24-21(27)12-7-3-4-8-13(12)22(24)28)17-16(14)19(25)10-5-1-2-6-11(10)20(17)26/h1-9H,(H,29,30,31). The lowest BCUT2D eigenvalue weighted by Gasteiger charge is -2.26. The monoisotopic (exact) mass is 511 g/mol. The molecule has 0 aromatic heterocycles. The van der Waals surface area contributed by atoms with Crippen molar-refractivity contribution in [3.63, 3.8) is 0 Å². The van der Waals surface area contributed by atoms with E-state index in [2.05, 4.69) is 15.9 Å². The minimum absolute atomic E-state index is 0.00504. The van der Waals surface area contributed by atoms with Crippen LogP contribution in [-0.4, -0.2) is 36.4 Å². The highest BCUT2D eigenvalue weighted by Crippen LogP contribution is 2.44. The van der Waals surface area contributed by atoms with Crippen LogP contribution in [0.1, 0.15) is 52.6 Å². The largest absolute Gasteiger partial charge is 0.296 e. The summed E-state index contributed by atoms with van der Waals surface area (Å²) in [5.74, 6) is -3.10. The van der Waals surface area contributed by atoms with E-state index in [9.17, 15) is 32.1 Å². The molecule has 2 amide bonds. The van der Waals surface area contributed by atoms with Gasteiger partial charge in [0.25, 0.3) is 21.9 Å². The van der Waals surface area contributed by atoms with Gasteiger partial charge in [-0.15, -0.1) is 0 Å². The Morgan fingerprint density at radius 2 is 1.16 bits per heavy atom. The minimum atomic E-state index is -5.02. The number of anilines is 1. The van der Waals surface area contributed by atoms with E-state index in [4.69, 9.17) is 0 Å². The highest BCUT2D eigenvalue weighted by molar-refractivity contribution is 9.10. The van der Waals surface area contributed by atoms with E-state index >= 15 is 0 Å². The van der Waals surface area contributed by atoms with Crippen molar-refractivity contribution in [2.45, 2.75) is 4.90 Å². The van der Waals surface area contributed by atoms with Crippen molar-refractivity contribution in [1.29, 1.82) is 0 Å². The van der Waals surface area contributed by atoms with Gasteiger partial charge in [-0.25, -0.2) is 4.90 Å². The van der Waals surface area contributed by atoms with Crippen molar-refractivity contribution in [2.75, 3.05) is 4.90 Å². The van der Waals surface area contributed by atoms with Crippen molar-refractivity contribution in [2.24, 2.45) is 0 Å². The maximum Gasteiger partial charge on any atom is 0.296 e. The number of fused-ring (bicyclic) bond motifs is 3. The second-order valence-corrected chi connectivity index (χ2v) is 9.37. The quantitative estimate of drug-likeness (QED) is 0.323. The Morgan fingerprint density at radius 1 is 0.719 bits per heavy atom. The van der Waals surface area contributed by atoms with Gasteiger partial charge in [-0.3, -0.25) is 23.7 Å². The van der Waals surface area contributed by atoms with E-state index < -0.39 is 49.6 Å². The topological polar surface area (TPSA) is 126 Å². The zero-order valence-electron chi connectivity index (χ0n) is 15.8. The fourth-order valence-electron chi connectivity index (χ4n) is 4.02. The molecule has 32 heavy (non-hydrogen) atoms. The molecule has 0 unspecified atom stereocenters. The molecule has 158 valence electrons. The van der Waals surface area contributed by atoms with Gasteiger partial charge in [-0.2, -0.15) is 8.42 Å². The molecule has 0 bridgehead atoms. The number of hydrogen-bond donors (Lipinski definition) is 1. The van der Waals surface area contributed by atoms with Crippen LogP contribution in [0.5, 0.6) is 0 Å². The normalized spacial score (nSPS) is 15.0. The second kappa shape index (κ2) is 6.76. The molecule has 2 aliphatic rings. The molecule has 1 aliphatic heterocycles. The number of hydrogen-bond acceptors (Lipinski definition) is 6. The van der Waals surface area contributed by atoms with E-state index in [1.54, 1.807) is 6.07 Å². The molecule has 0 saturated carbocycles. The van der Waals surface area contributed by atoms with Gasteiger partial charge in [0.1, 0.15) is 4.90 Å². The number of nitrogens with zero attached hydrogens (tertiary/aromatic N) is 1. The smallest absolute Gasteiger partial charge is 0.289 e. The molecule has 8 nitrogen and oxygen atoms in total. The molecule has 10 heteroatoms. The molecule has 0 radical (unpaired) electrons. The summed E-state index contributed by atoms with van der Waals surface area (Å²) in [6.07, 6.45) is 0. The van der Waals surface area contributed by atoms with Gasteiger partial charge in [0, 0.05) is 15.6 Å². The van der Waals surface area contributed by atoms with E-state index in [1.807, 2.05) is 0 Å². The fraction of sp³-hybridized carbons (Fsp3) is 0. The zero-order valence-corrected chi connectivity index (χ0v) is 18.2. The first-order valence-electron chi connectivity index (χ1n) is 9.13. The number of imide groups is 1. The third-order valence-electron chi connectivity index (χ3n) is 5.38. The lowest BCUT2D eigenvalue weighted by atomic mass is 9.83. The number of amides is 2. The van der Waals surface area contributed by atoms with Crippen molar-refractivity contribution in [3.8, 4) is 0 Å². The number of carbonyl (C=O) groups excluding carboxylic acids is 4. The second-order valence-electron chi connectivity index (χ2n) is 7.13. The van der Waals surface area contributed by atoms with Crippen LogP contribution in [0.25, 0.3) is 0 Å². The Kier molecular flexibility index (Phi) is 4.32. The van der Waals surface area contributed by atoms with Crippen LogP contribution < -0.4 is 4.90 Å². The lowest BCUT2D eigenvalue weighted by molar-refractivity contribution is 0.0922. The van der Waals surface area contributed by atoms with Gasteiger partial charge in [0.2, 0.25) is 0 Å². The third-order valence-corrected chi connectivity index (χ3v) is 6.88. The summed E-state index contributed by atoms with van der Waals surface area (Å²) in [6.45, 7) is 0. The Balaban J connectivity index is 1.90. The molecule has 0 saturated heterocycles. The van der Waals surface area contributed by atoms with Crippen LogP contribution in [-0.2, 0) is 10.1 Å². The van der Waals surface area contributed by atoms with Gasteiger partial charge in [0.05, 0.1) is 27.9 Å². The van der Waals surface area contributed by atoms with Crippen LogP contribution >= 0.6 is 15.9 Å². The number of halogens is 1. The van der Waals surface area contributed by atoms with Crippen LogP contribution in [0.4, 0.5) is 5.69 Å². The average Bonchev–Trinajstić information content (AvgIpc) is 3.01. The van der Waals surface area contributed by atoms with Crippen LogP contribution in [0, 0.1) is 0 Å². The zero-order chi connectivity index (χ0) is 22.9. The molecule has 1 N–H and O–H groups in total. The fourth-order valence-corrected chi connectivity index (χ4v) is 5.48. The maximum atomic E-state index is 13.4. The number of rotatable bonds is 2. The minimum Gasteiger partial charge on any atom is -0.289 e. The maximum absolute atomic E-state index is 13.4. The number of benzene rings is 3. The third kappa shape index (κ3) is 2.67. The summed E-state index contributed by atoms with van der Waals surface area (Å²) in [4.78, 5) is 52.6. The first-order chi connectivity index (χ1) is 15.1. The van der Waals surface area contributed by atoms with Gasteiger partial charge in [0.15, 0.2) is 11.6 Å². The van der Waals surface area contributed by atoms with E-state index in [0.717, 1.165) is 6.07 Å². The number of ketones is 2. The Bertz CT molecular complexity index is 1510. The van der Waals surface area contributed by atoms with Gasteiger partial charge in [-0.05, 0) is 34.1 Å². The number of carbonyl (C=O) groups is 4. The van der Waals surface area contributed by atoms with Crippen molar-refractivity contribution in [3.05, 3.63) is 92.5 Å². The molecular formula is C22H10BrNO7S. The van der Waals surface area contributed by atoms with E-state index in [1.165, 1.54) is 42.5 Å². The summed E-state index contributed by atoms with van der Waals surface area (Å²) in [5, 5.41) is 0. The summed E-state index contributed by atoms with van der Waals surface area (Å²) in [5.41, 5.74) is -1.21. The van der Waals surface area contributed by atoms with E-state index in [-0.39, 0.29) is 32.3 Å². The summed E-state index contributed by atoms with van der Waals surface area (Å²) in [6, 6.07) is 12.7. The molecule has 1 heterocycles. The lowest BCUT2D eigenvalue weighted by Crippen LogP contribution is -2.35. The Labute approximate surface area is 189 Å². The SMILES string of the molecule is O=C1c2ccccc2C(=O)c2c1c(Br)cc(S(=O)(=O)O)c2N1C(=O)c2ccccc2C1=O. The summed E-state index contributed by atoms with van der Waals surface area (Å²) >= 11 is 3.11. The van der Waals surface area contributed by atoms with Gasteiger partial charge >= 0.3 is 0 Å². The molecule has 0 fully saturated rings. The van der Waals surface area contributed by atoms with E-state index in [0.29, 0.717) is 4.90 Å². The molecule has 0 spiro atoms. The van der Waals surface area contributed by atoms with Crippen molar-refractivity contribution < 1.29 is 32.1 Å².